The molecule has 126 valence electrons. The van der Waals surface area contributed by atoms with Crippen LogP contribution < -0.4 is 0 Å². The summed E-state index contributed by atoms with van der Waals surface area (Å²) in [7, 11) is 0. The van der Waals surface area contributed by atoms with Gasteiger partial charge in [0.05, 0.1) is 12.2 Å². The number of fused-ring (bicyclic) bond motifs is 2. The number of carbonyl (C=O) groups is 1. The minimum atomic E-state index is -0.668. The molecule has 0 spiro atoms. The summed E-state index contributed by atoms with van der Waals surface area (Å²) >= 11 is 2.08. The lowest BCUT2D eigenvalue weighted by molar-refractivity contribution is -0.137. The first kappa shape index (κ1) is 17.9. The Morgan fingerprint density at radius 3 is 2.73 bits per heavy atom. The average Bonchev–Trinajstić information content (AvgIpc) is 3.08. The highest BCUT2D eigenvalue weighted by Crippen LogP contribution is 2.47. The number of hydrogen-bond donors (Lipinski definition) is 1. The van der Waals surface area contributed by atoms with Gasteiger partial charge >= 0.3 is 5.97 Å². The molecule has 2 saturated heterocycles. The van der Waals surface area contributed by atoms with Crippen molar-refractivity contribution >= 4 is 17.7 Å². The first-order chi connectivity index (χ1) is 10.7. The van der Waals surface area contributed by atoms with Crippen LogP contribution in [-0.2, 0) is 9.53 Å². The maximum absolute atomic E-state index is 10.5. The molecule has 0 amide bonds. The zero-order chi connectivity index (χ0) is 15.8. The molecular formula is C18H30O3S. The van der Waals surface area contributed by atoms with Gasteiger partial charge in [0, 0.05) is 17.4 Å². The van der Waals surface area contributed by atoms with Gasteiger partial charge in [0.1, 0.15) is 0 Å². The molecule has 2 aliphatic heterocycles. The fourth-order valence-corrected chi connectivity index (χ4v) is 5.17. The van der Waals surface area contributed by atoms with Crippen molar-refractivity contribution in [2.45, 2.75) is 82.2 Å². The van der Waals surface area contributed by atoms with E-state index in [0.29, 0.717) is 23.9 Å². The van der Waals surface area contributed by atoms with Crippen LogP contribution in [0.15, 0.2) is 12.2 Å². The second-order valence-corrected chi connectivity index (χ2v) is 7.69. The van der Waals surface area contributed by atoms with Crippen LogP contribution in [-0.4, -0.2) is 34.3 Å². The van der Waals surface area contributed by atoms with Crippen LogP contribution in [0.2, 0.25) is 0 Å². The number of allylic oxidation sites excluding steroid dienone is 1. The van der Waals surface area contributed by atoms with Crippen molar-refractivity contribution in [2.75, 3.05) is 5.75 Å². The molecule has 0 aromatic rings. The summed E-state index contributed by atoms with van der Waals surface area (Å²) in [6.07, 6.45) is 15.0. The van der Waals surface area contributed by atoms with E-state index < -0.39 is 5.97 Å². The van der Waals surface area contributed by atoms with Crippen molar-refractivity contribution < 1.29 is 14.6 Å². The summed E-state index contributed by atoms with van der Waals surface area (Å²) < 4.78 is 6.14. The van der Waals surface area contributed by atoms with Crippen LogP contribution in [0.25, 0.3) is 0 Å². The van der Waals surface area contributed by atoms with Crippen molar-refractivity contribution in [3.63, 3.8) is 0 Å². The molecule has 0 radical (unpaired) electrons. The van der Waals surface area contributed by atoms with Gasteiger partial charge in [-0.2, -0.15) is 11.8 Å². The predicted molar refractivity (Wildman–Crippen MR) is 92.4 cm³/mol. The van der Waals surface area contributed by atoms with E-state index in [1.165, 1.54) is 25.7 Å². The van der Waals surface area contributed by atoms with Crippen molar-refractivity contribution in [2.24, 2.45) is 5.92 Å². The number of unbranched alkanes of at least 4 members (excludes halogenated alkanes) is 3. The number of carboxylic acids is 1. The largest absolute Gasteiger partial charge is 0.481 e. The van der Waals surface area contributed by atoms with Crippen molar-refractivity contribution in [3.8, 4) is 0 Å². The SMILES string of the molecule is CCC=CCSC1C2CCC(O2)C1CCCCCCC(=O)O. The third kappa shape index (κ3) is 5.31. The Hall–Kier alpha value is -0.480. The zero-order valence-electron chi connectivity index (χ0n) is 13.7. The zero-order valence-corrected chi connectivity index (χ0v) is 14.5. The Kier molecular flexibility index (Phi) is 7.81. The summed E-state index contributed by atoms with van der Waals surface area (Å²) in [6, 6.07) is 0. The fourth-order valence-electron chi connectivity index (χ4n) is 3.73. The van der Waals surface area contributed by atoms with E-state index in [-0.39, 0.29) is 0 Å². The van der Waals surface area contributed by atoms with E-state index in [1.807, 2.05) is 0 Å². The lowest BCUT2D eigenvalue weighted by atomic mass is 9.85. The third-order valence-corrected chi connectivity index (χ3v) is 6.24. The van der Waals surface area contributed by atoms with E-state index in [9.17, 15) is 4.79 Å². The third-order valence-electron chi connectivity index (χ3n) is 4.82. The van der Waals surface area contributed by atoms with E-state index in [1.54, 1.807) is 0 Å². The van der Waals surface area contributed by atoms with Gasteiger partial charge in [-0.1, -0.05) is 38.3 Å². The highest BCUT2D eigenvalue weighted by atomic mass is 32.2. The molecule has 2 heterocycles. The topological polar surface area (TPSA) is 46.5 Å². The molecular weight excluding hydrogens is 296 g/mol. The summed E-state index contributed by atoms with van der Waals surface area (Å²) in [5.41, 5.74) is 0. The summed E-state index contributed by atoms with van der Waals surface area (Å²) in [6.45, 7) is 2.18. The number of aliphatic carboxylic acids is 1. The molecule has 2 rings (SSSR count). The van der Waals surface area contributed by atoms with E-state index >= 15 is 0 Å². The van der Waals surface area contributed by atoms with Crippen LogP contribution in [0.4, 0.5) is 0 Å². The van der Waals surface area contributed by atoms with Gasteiger partial charge in [-0.05, 0) is 38.0 Å². The van der Waals surface area contributed by atoms with Crippen LogP contribution in [0.3, 0.4) is 0 Å². The minimum Gasteiger partial charge on any atom is -0.481 e. The molecule has 4 heteroatoms. The fraction of sp³-hybridized carbons (Fsp3) is 0.833. The molecule has 3 nitrogen and oxygen atoms in total. The molecule has 4 unspecified atom stereocenters. The molecule has 0 saturated carbocycles. The second kappa shape index (κ2) is 9.61. The standard InChI is InChI=1S/C18H30O3S/c1-2-3-8-13-22-18-14(15-11-12-16(18)21-15)9-6-4-5-7-10-17(19)20/h3,8,14-16,18H,2,4-7,9-13H2,1H3,(H,19,20). The molecule has 0 aromatic carbocycles. The smallest absolute Gasteiger partial charge is 0.303 e. The van der Waals surface area contributed by atoms with Gasteiger partial charge in [-0.15, -0.1) is 0 Å². The second-order valence-electron chi connectivity index (χ2n) is 6.48. The van der Waals surface area contributed by atoms with Crippen LogP contribution in [0.1, 0.15) is 64.7 Å². The molecule has 0 aromatic heterocycles. The maximum Gasteiger partial charge on any atom is 0.303 e. The summed E-state index contributed by atoms with van der Waals surface area (Å²) in [5.74, 6) is 1.16. The van der Waals surface area contributed by atoms with Crippen molar-refractivity contribution in [1.82, 2.24) is 0 Å². The van der Waals surface area contributed by atoms with Gasteiger partial charge in [0.2, 0.25) is 0 Å². The molecule has 2 aliphatic rings. The number of ether oxygens (including phenoxy) is 1. The molecule has 22 heavy (non-hydrogen) atoms. The van der Waals surface area contributed by atoms with E-state index in [0.717, 1.165) is 37.4 Å². The van der Waals surface area contributed by atoms with Gasteiger partial charge in [0.25, 0.3) is 0 Å². The molecule has 0 aliphatic carbocycles. The van der Waals surface area contributed by atoms with Gasteiger partial charge in [-0.3, -0.25) is 4.79 Å². The lowest BCUT2D eigenvalue weighted by Gasteiger charge is -2.27. The molecule has 2 fully saturated rings. The Morgan fingerprint density at radius 1 is 1.18 bits per heavy atom. The van der Waals surface area contributed by atoms with E-state index in [2.05, 4.69) is 30.8 Å². The predicted octanol–water partition coefficient (Wildman–Crippen LogP) is 4.66. The normalized spacial score (nSPS) is 30.4. The van der Waals surface area contributed by atoms with Crippen LogP contribution in [0.5, 0.6) is 0 Å². The molecule has 2 bridgehead atoms. The average molecular weight is 327 g/mol. The van der Waals surface area contributed by atoms with Gasteiger partial charge in [0.15, 0.2) is 0 Å². The quantitative estimate of drug-likeness (QED) is 0.443. The Morgan fingerprint density at radius 2 is 1.95 bits per heavy atom. The first-order valence-electron chi connectivity index (χ1n) is 8.86. The van der Waals surface area contributed by atoms with E-state index in [4.69, 9.17) is 9.84 Å². The van der Waals surface area contributed by atoms with Gasteiger partial charge in [-0.25, -0.2) is 0 Å². The van der Waals surface area contributed by atoms with Gasteiger partial charge < -0.3 is 9.84 Å². The monoisotopic (exact) mass is 326 g/mol. The van der Waals surface area contributed by atoms with Crippen LogP contribution in [0, 0.1) is 5.92 Å². The Balaban J connectivity index is 1.66. The van der Waals surface area contributed by atoms with Crippen molar-refractivity contribution in [1.29, 1.82) is 0 Å². The molecule has 4 atom stereocenters. The van der Waals surface area contributed by atoms with Crippen molar-refractivity contribution in [3.05, 3.63) is 12.2 Å². The number of thioether (sulfide) groups is 1. The highest BCUT2D eigenvalue weighted by Gasteiger charge is 2.48. The Bertz CT molecular complexity index is 369. The number of rotatable bonds is 11. The lowest BCUT2D eigenvalue weighted by Crippen LogP contribution is -2.29. The number of hydrogen-bond acceptors (Lipinski definition) is 3. The maximum atomic E-state index is 10.5. The number of carboxylic acid groups (broad SMARTS) is 1. The first-order valence-corrected chi connectivity index (χ1v) is 9.91. The molecule has 1 N–H and O–H groups in total. The highest BCUT2D eigenvalue weighted by molar-refractivity contribution is 8.00. The van der Waals surface area contributed by atoms with Crippen LogP contribution >= 0.6 is 11.8 Å². The minimum absolute atomic E-state index is 0.319. The summed E-state index contributed by atoms with van der Waals surface area (Å²) in [5, 5.41) is 9.32. The summed E-state index contributed by atoms with van der Waals surface area (Å²) in [4.78, 5) is 10.5. The Labute approximate surface area is 138 Å².